The number of hydrogen-bond acceptors (Lipinski definition) is 6. The lowest BCUT2D eigenvalue weighted by atomic mass is 10.1. The molecule has 0 N–H and O–H groups in total. The van der Waals surface area contributed by atoms with Gasteiger partial charge in [-0.3, -0.25) is 14.3 Å². The summed E-state index contributed by atoms with van der Waals surface area (Å²) < 4.78 is 1.85. The summed E-state index contributed by atoms with van der Waals surface area (Å²) in [5, 5.41) is 8.53. The van der Waals surface area contributed by atoms with Crippen LogP contribution in [0.15, 0.2) is 47.8 Å². The first-order valence-electron chi connectivity index (χ1n) is 10.5. The molecule has 1 aliphatic heterocycles. The number of rotatable bonds is 4. The van der Waals surface area contributed by atoms with Gasteiger partial charge in [0, 0.05) is 50.6 Å². The molecule has 5 rings (SSSR count). The average Bonchev–Trinajstić information content (AvgIpc) is 3.30. The van der Waals surface area contributed by atoms with Gasteiger partial charge in [0.15, 0.2) is 0 Å². The molecule has 2 aromatic heterocycles. The zero-order valence-corrected chi connectivity index (χ0v) is 16.6. The molecule has 1 saturated heterocycles. The highest BCUT2D eigenvalue weighted by Gasteiger charge is 2.21. The van der Waals surface area contributed by atoms with E-state index in [4.69, 9.17) is 0 Å². The van der Waals surface area contributed by atoms with Crippen LogP contribution in [0.25, 0.3) is 10.9 Å². The molecule has 1 saturated carbocycles. The van der Waals surface area contributed by atoms with Crippen LogP contribution in [0.4, 0.5) is 5.69 Å². The van der Waals surface area contributed by atoms with E-state index in [-0.39, 0.29) is 5.56 Å². The van der Waals surface area contributed by atoms with Crippen LogP contribution in [-0.4, -0.2) is 50.8 Å². The molecule has 0 atom stereocenters. The molecule has 0 spiro atoms. The van der Waals surface area contributed by atoms with Crippen LogP contribution in [0.3, 0.4) is 0 Å². The topological polar surface area (TPSA) is 67.2 Å². The molecule has 29 heavy (non-hydrogen) atoms. The van der Waals surface area contributed by atoms with Crippen LogP contribution < -0.4 is 10.5 Å². The Hall–Kier alpha value is -2.80. The lowest BCUT2D eigenvalue weighted by Crippen LogP contribution is -2.46. The summed E-state index contributed by atoms with van der Waals surface area (Å²) in [6.07, 6.45) is 9.92. The van der Waals surface area contributed by atoms with Crippen molar-refractivity contribution >= 4 is 16.6 Å². The Morgan fingerprint density at radius 1 is 1.00 bits per heavy atom. The zero-order chi connectivity index (χ0) is 19.6. The van der Waals surface area contributed by atoms with Gasteiger partial charge < -0.3 is 4.90 Å². The predicted molar refractivity (Wildman–Crippen MR) is 113 cm³/mol. The fourth-order valence-electron chi connectivity index (χ4n) is 4.60. The number of anilines is 1. The summed E-state index contributed by atoms with van der Waals surface area (Å²) in [5.41, 5.74) is 3.24. The number of hydrogen-bond donors (Lipinski definition) is 0. The van der Waals surface area contributed by atoms with Gasteiger partial charge in [-0.2, -0.15) is 10.2 Å². The van der Waals surface area contributed by atoms with Crippen molar-refractivity contribution in [3.8, 4) is 0 Å². The Balaban J connectivity index is 1.30. The smallest absolute Gasteiger partial charge is 0.261 e. The number of aromatic nitrogens is 4. The number of piperazine rings is 1. The Bertz CT molecular complexity index is 1040. The van der Waals surface area contributed by atoms with Crippen molar-refractivity contribution in [3.63, 3.8) is 0 Å². The second-order valence-electron chi connectivity index (χ2n) is 8.11. The average molecular weight is 390 g/mol. The predicted octanol–water partition coefficient (Wildman–Crippen LogP) is 2.62. The van der Waals surface area contributed by atoms with E-state index >= 15 is 0 Å². The molecule has 7 heteroatoms. The Morgan fingerprint density at radius 3 is 2.59 bits per heavy atom. The van der Waals surface area contributed by atoms with Crippen molar-refractivity contribution < 1.29 is 0 Å². The van der Waals surface area contributed by atoms with Crippen LogP contribution >= 0.6 is 0 Å². The summed E-state index contributed by atoms with van der Waals surface area (Å²) in [7, 11) is 0. The molecular weight excluding hydrogens is 364 g/mol. The third kappa shape index (κ3) is 3.74. The fraction of sp³-hybridized carbons (Fsp3) is 0.455. The Labute approximate surface area is 170 Å². The Morgan fingerprint density at radius 2 is 1.83 bits per heavy atom. The maximum absolute atomic E-state index is 12.9. The van der Waals surface area contributed by atoms with Crippen molar-refractivity contribution in [1.29, 1.82) is 0 Å². The minimum absolute atomic E-state index is 0.101. The van der Waals surface area contributed by atoms with Gasteiger partial charge in [-0.15, -0.1) is 0 Å². The van der Waals surface area contributed by atoms with Crippen molar-refractivity contribution in [2.45, 2.75) is 38.3 Å². The maximum Gasteiger partial charge on any atom is 0.261 e. The number of benzene rings is 1. The molecule has 0 unspecified atom stereocenters. The van der Waals surface area contributed by atoms with Gasteiger partial charge in [-0.1, -0.05) is 12.8 Å². The molecule has 3 aromatic rings. The maximum atomic E-state index is 12.9. The summed E-state index contributed by atoms with van der Waals surface area (Å²) >= 11 is 0. The van der Waals surface area contributed by atoms with E-state index in [1.807, 2.05) is 22.9 Å². The molecule has 3 heterocycles. The summed E-state index contributed by atoms with van der Waals surface area (Å²) in [5.74, 6) is 0. The largest absolute Gasteiger partial charge is 0.369 e. The molecule has 2 aliphatic rings. The van der Waals surface area contributed by atoms with Crippen LogP contribution in [0.5, 0.6) is 0 Å². The summed E-state index contributed by atoms with van der Waals surface area (Å²) in [6.45, 7) is 4.82. The zero-order valence-electron chi connectivity index (χ0n) is 16.6. The molecule has 1 aromatic carbocycles. The highest BCUT2D eigenvalue weighted by molar-refractivity contribution is 5.81. The quantitative estimate of drug-likeness (QED) is 0.682. The van der Waals surface area contributed by atoms with Crippen LogP contribution in [0, 0.1) is 0 Å². The van der Waals surface area contributed by atoms with E-state index in [1.54, 1.807) is 12.5 Å². The Kier molecular flexibility index (Phi) is 4.97. The monoisotopic (exact) mass is 390 g/mol. The van der Waals surface area contributed by atoms with Gasteiger partial charge in [-0.25, -0.2) is 4.98 Å². The van der Waals surface area contributed by atoms with Gasteiger partial charge >= 0.3 is 0 Å². The molecule has 0 radical (unpaired) electrons. The van der Waals surface area contributed by atoms with E-state index in [1.165, 1.54) is 18.4 Å². The number of fused-ring (bicyclic) bond motifs is 1. The number of nitrogens with zero attached hydrogens (tertiary/aromatic N) is 6. The van der Waals surface area contributed by atoms with Crippen molar-refractivity contribution in [2.75, 3.05) is 31.1 Å². The van der Waals surface area contributed by atoms with Crippen molar-refractivity contribution in [2.24, 2.45) is 0 Å². The van der Waals surface area contributed by atoms with Crippen LogP contribution in [0.1, 0.15) is 37.3 Å². The molecular formula is C22H26N6O. The lowest BCUT2D eigenvalue weighted by molar-refractivity contribution is 0.249. The van der Waals surface area contributed by atoms with E-state index in [2.05, 4.69) is 37.1 Å². The molecule has 1 aliphatic carbocycles. The molecule has 7 nitrogen and oxygen atoms in total. The second kappa shape index (κ2) is 7.91. The molecule has 2 fully saturated rings. The highest BCUT2D eigenvalue weighted by Crippen LogP contribution is 2.28. The summed E-state index contributed by atoms with van der Waals surface area (Å²) in [4.78, 5) is 22.4. The minimum Gasteiger partial charge on any atom is -0.369 e. The van der Waals surface area contributed by atoms with E-state index in [0.29, 0.717) is 6.04 Å². The van der Waals surface area contributed by atoms with E-state index in [0.717, 1.165) is 62.2 Å². The van der Waals surface area contributed by atoms with Crippen molar-refractivity contribution in [3.05, 3.63) is 58.9 Å². The molecule has 0 bridgehead atoms. The van der Waals surface area contributed by atoms with Gasteiger partial charge in [0.05, 0.1) is 23.4 Å². The first kappa shape index (κ1) is 18.2. The lowest BCUT2D eigenvalue weighted by Gasteiger charge is -2.36. The van der Waals surface area contributed by atoms with E-state index < -0.39 is 0 Å². The van der Waals surface area contributed by atoms with Gasteiger partial charge in [-0.05, 0) is 42.7 Å². The molecule has 150 valence electrons. The normalized spacial score (nSPS) is 18.6. The highest BCUT2D eigenvalue weighted by atomic mass is 16.1. The molecule has 0 amide bonds. The van der Waals surface area contributed by atoms with Crippen LogP contribution in [-0.2, 0) is 6.54 Å². The van der Waals surface area contributed by atoms with Crippen molar-refractivity contribution in [1.82, 2.24) is 24.6 Å². The van der Waals surface area contributed by atoms with Crippen LogP contribution in [0.2, 0.25) is 0 Å². The first-order valence-corrected chi connectivity index (χ1v) is 10.5. The first-order chi connectivity index (χ1) is 14.3. The summed E-state index contributed by atoms with van der Waals surface area (Å²) in [6, 6.07) is 8.45. The SMILES string of the molecule is O=c1c2ccc(N3CCN(Cc4ccnnc4)CC3)cc2ncn1C1CCCC1. The third-order valence-electron chi connectivity index (χ3n) is 6.27. The minimum atomic E-state index is 0.101. The standard InChI is InChI=1S/C22H26N6O/c29-22-20-6-5-19(13-21(20)23-16-28(22)18-3-1-2-4-18)27-11-9-26(10-12-27)15-17-7-8-24-25-14-17/h5-8,13-14,16,18H,1-4,9-12,15H2. The fourth-order valence-corrected chi connectivity index (χ4v) is 4.60. The second-order valence-corrected chi connectivity index (χ2v) is 8.11. The third-order valence-corrected chi connectivity index (χ3v) is 6.27. The van der Waals surface area contributed by atoms with Gasteiger partial charge in [0.1, 0.15) is 0 Å². The van der Waals surface area contributed by atoms with Gasteiger partial charge in [0.25, 0.3) is 5.56 Å². The van der Waals surface area contributed by atoms with E-state index in [9.17, 15) is 4.79 Å². The van der Waals surface area contributed by atoms with Gasteiger partial charge in [0.2, 0.25) is 0 Å².